The molecule has 0 saturated heterocycles. The number of hydrogen-bond donors (Lipinski definition) is 3. The number of carboxylic acid groups (broad SMARTS) is 1. The number of rotatable bonds is 11. The Hall–Kier alpha value is -4.46. The molecule has 0 saturated carbocycles. The molecule has 0 spiro atoms. The van der Waals surface area contributed by atoms with Gasteiger partial charge in [0.1, 0.15) is 29.1 Å². The molecule has 1 amide bonds. The molecule has 0 aliphatic carbocycles. The third-order valence-electron chi connectivity index (χ3n) is 5.23. The monoisotopic (exact) mass is 584 g/mol. The molecule has 0 bridgehead atoms. The third-order valence-corrected chi connectivity index (χ3v) is 7.15. The molecule has 13 heteroatoms. The lowest BCUT2D eigenvalue weighted by molar-refractivity contribution is 0.0696. The Bertz CT molecular complexity index is 1630. The Morgan fingerprint density at radius 3 is 2.33 bits per heavy atom. The summed E-state index contributed by atoms with van der Waals surface area (Å²) < 4.78 is 40.6. The summed E-state index contributed by atoms with van der Waals surface area (Å²) in [5.41, 5.74) is 0.231. The van der Waals surface area contributed by atoms with E-state index in [9.17, 15) is 23.1 Å². The van der Waals surface area contributed by atoms with Gasteiger partial charge in [-0.05, 0) is 61.5 Å². The van der Waals surface area contributed by atoms with Crippen molar-refractivity contribution < 1.29 is 42.4 Å². The topological polar surface area (TPSA) is 161 Å². The molecule has 0 aliphatic heterocycles. The van der Waals surface area contributed by atoms with Gasteiger partial charge in [0.05, 0.1) is 23.3 Å². The van der Waals surface area contributed by atoms with Gasteiger partial charge in [-0.3, -0.25) is 10.1 Å². The summed E-state index contributed by atoms with van der Waals surface area (Å²) in [5, 5.41) is 21.8. The van der Waals surface area contributed by atoms with Crippen LogP contribution >= 0.6 is 11.3 Å². The lowest BCUT2D eigenvalue weighted by atomic mass is 10.2. The van der Waals surface area contributed by atoms with Crippen molar-refractivity contribution in [3.63, 3.8) is 0 Å². The van der Waals surface area contributed by atoms with Crippen LogP contribution in [0.15, 0.2) is 77.8 Å². The fourth-order valence-electron chi connectivity index (χ4n) is 3.33. The molecule has 4 rings (SSSR count). The van der Waals surface area contributed by atoms with Gasteiger partial charge in [-0.15, -0.1) is 0 Å². The van der Waals surface area contributed by atoms with Crippen LogP contribution in [0.4, 0.5) is 5.13 Å². The number of aliphatic hydroxyl groups excluding tert-OH is 1. The second-order valence-corrected chi connectivity index (χ2v) is 11.5. The zero-order chi connectivity index (χ0) is 28.9. The smallest absolute Gasteiger partial charge is 0.335 e. The number of sulfone groups is 1. The zero-order valence-corrected chi connectivity index (χ0v) is 22.9. The quantitative estimate of drug-likeness (QED) is 0.222. The van der Waals surface area contributed by atoms with E-state index in [4.69, 9.17) is 19.3 Å². The van der Waals surface area contributed by atoms with E-state index in [2.05, 4.69) is 10.3 Å². The minimum absolute atomic E-state index is 0.0671. The average Bonchev–Trinajstić information content (AvgIpc) is 3.34. The van der Waals surface area contributed by atoms with E-state index in [0.29, 0.717) is 16.6 Å². The number of carbonyl (C=O) groups excluding carboxylic acids is 1. The SMILES string of the molecule is C[C@@H](CO)Oc1cc(Oc2ccc(S(C)(=O)=O)cc2)cc(C(=O)Nc2ncc(Oc3cccc(C(=O)O)c3)s2)c1. The van der Waals surface area contributed by atoms with E-state index in [-0.39, 0.29) is 39.3 Å². The fraction of sp³-hybridized carbons (Fsp3) is 0.148. The number of thiazole rings is 1. The van der Waals surface area contributed by atoms with Gasteiger partial charge in [0, 0.05) is 17.9 Å². The number of ether oxygens (including phenoxy) is 3. The molecule has 0 aliphatic rings. The van der Waals surface area contributed by atoms with Crippen LogP contribution in [-0.4, -0.2) is 54.5 Å². The molecule has 1 heterocycles. The molecule has 40 heavy (non-hydrogen) atoms. The second kappa shape index (κ2) is 12.2. The van der Waals surface area contributed by atoms with Crippen LogP contribution in [-0.2, 0) is 9.84 Å². The molecule has 11 nitrogen and oxygen atoms in total. The third kappa shape index (κ3) is 7.56. The molecule has 0 fully saturated rings. The number of aromatic nitrogens is 1. The first-order valence-electron chi connectivity index (χ1n) is 11.7. The van der Waals surface area contributed by atoms with Gasteiger partial charge in [-0.2, -0.15) is 0 Å². The highest BCUT2D eigenvalue weighted by molar-refractivity contribution is 7.90. The molecule has 208 valence electrons. The summed E-state index contributed by atoms with van der Waals surface area (Å²) in [4.78, 5) is 28.5. The van der Waals surface area contributed by atoms with Crippen molar-refractivity contribution in [3.8, 4) is 28.1 Å². The summed E-state index contributed by atoms with van der Waals surface area (Å²) >= 11 is 1.04. The number of carbonyl (C=O) groups is 2. The number of nitrogens with zero attached hydrogens (tertiary/aromatic N) is 1. The maximum atomic E-state index is 13.1. The summed E-state index contributed by atoms with van der Waals surface area (Å²) in [6.45, 7) is 1.40. The van der Waals surface area contributed by atoms with Crippen LogP contribution in [0.1, 0.15) is 27.6 Å². The molecule has 0 unspecified atom stereocenters. The van der Waals surface area contributed by atoms with Gasteiger partial charge in [0.2, 0.25) is 5.06 Å². The Kier molecular flexibility index (Phi) is 8.67. The van der Waals surface area contributed by atoms with Gasteiger partial charge in [-0.25, -0.2) is 18.2 Å². The molecule has 1 aromatic heterocycles. The minimum atomic E-state index is -3.37. The standard InChI is InChI=1S/C27H24N2O9S2/c1-16(15-30)36-21-11-18(12-22(13-21)37-19-6-8-23(9-7-19)40(2,34)35)25(31)29-27-28-14-24(39-27)38-20-5-3-4-17(10-20)26(32)33/h3-14,16,30H,15H2,1-2H3,(H,32,33)(H,28,29,31)/t16-/m0/s1. The van der Waals surface area contributed by atoms with Crippen molar-refractivity contribution in [1.82, 2.24) is 4.98 Å². The van der Waals surface area contributed by atoms with E-state index in [0.717, 1.165) is 17.6 Å². The van der Waals surface area contributed by atoms with E-state index in [1.54, 1.807) is 19.1 Å². The Balaban J connectivity index is 1.52. The second-order valence-electron chi connectivity index (χ2n) is 8.52. The van der Waals surface area contributed by atoms with Gasteiger partial charge in [0.25, 0.3) is 5.91 Å². The van der Waals surface area contributed by atoms with Crippen LogP contribution in [0.3, 0.4) is 0 Å². The Labute approximate surface area is 233 Å². The van der Waals surface area contributed by atoms with Crippen molar-refractivity contribution in [1.29, 1.82) is 0 Å². The predicted molar refractivity (Wildman–Crippen MR) is 147 cm³/mol. The first kappa shape index (κ1) is 28.5. The molecular weight excluding hydrogens is 560 g/mol. The zero-order valence-electron chi connectivity index (χ0n) is 21.2. The maximum Gasteiger partial charge on any atom is 0.335 e. The van der Waals surface area contributed by atoms with Gasteiger partial charge >= 0.3 is 5.97 Å². The molecule has 4 aromatic rings. The van der Waals surface area contributed by atoms with Gasteiger partial charge in [0.15, 0.2) is 15.0 Å². The lowest BCUT2D eigenvalue weighted by Crippen LogP contribution is -2.17. The van der Waals surface area contributed by atoms with Crippen LogP contribution in [0.25, 0.3) is 0 Å². The largest absolute Gasteiger partial charge is 0.488 e. The van der Waals surface area contributed by atoms with Crippen molar-refractivity contribution in [2.45, 2.75) is 17.9 Å². The van der Waals surface area contributed by atoms with E-state index >= 15 is 0 Å². The Morgan fingerprint density at radius 2 is 1.65 bits per heavy atom. The number of nitrogens with one attached hydrogen (secondary N) is 1. The Morgan fingerprint density at radius 1 is 0.950 bits per heavy atom. The van der Waals surface area contributed by atoms with E-state index < -0.39 is 27.8 Å². The maximum absolute atomic E-state index is 13.1. The first-order valence-corrected chi connectivity index (χ1v) is 14.4. The summed E-state index contributed by atoms with van der Waals surface area (Å²) in [5.74, 6) is -0.486. The predicted octanol–water partition coefficient (Wildman–Crippen LogP) is 4.84. The van der Waals surface area contributed by atoms with Crippen molar-refractivity contribution in [3.05, 3.63) is 84.1 Å². The highest BCUT2D eigenvalue weighted by Crippen LogP contribution is 2.32. The van der Waals surface area contributed by atoms with Crippen molar-refractivity contribution in [2.75, 3.05) is 18.2 Å². The van der Waals surface area contributed by atoms with E-state index in [1.165, 1.54) is 60.8 Å². The normalized spacial score (nSPS) is 11.9. The number of hydrogen-bond acceptors (Lipinski definition) is 10. The number of carboxylic acids is 1. The number of aromatic carboxylic acids is 1. The molecule has 0 radical (unpaired) electrons. The minimum Gasteiger partial charge on any atom is -0.488 e. The lowest BCUT2D eigenvalue weighted by Gasteiger charge is -2.15. The first-order chi connectivity index (χ1) is 19.0. The van der Waals surface area contributed by atoms with E-state index in [1.807, 2.05) is 0 Å². The summed E-state index contributed by atoms with van der Waals surface area (Å²) in [6.07, 6.45) is 1.94. The fourth-order valence-corrected chi connectivity index (χ4v) is 4.65. The number of aliphatic hydroxyl groups is 1. The summed E-state index contributed by atoms with van der Waals surface area (Å²) in [6, 6.07) is 16.2. The van der Waals surface area contributed by atoms with Crippen LogP contribution < -0.4 is 19.5 Å². The number of benzene rings is 3. The highest BCUT2D eigenvalue weighted by Gasteiger charge is 2.16. The molecule has 3 N–H and O–H groups in total. The van der Waals surface area contributed by atoms with Crippen molar-refractivity contribution >= 4 is 38.2 Å². The molecule has 1 atom stereocenters. The van der Waals surface area contributed by atoms with Crippen LogP contribution in [0, 0.1) is 0 Å². The number of amides is 1. The van der Waals surface area contributed by atoms with Crippen LogP contribution in [0.2, 0.25) is 0 Å². The number of anilines is 1. The van der Waals surface area contributed by atoms with Gasteiger partial charge in [-0.1, -0.05) is 17.4 Å². The molecule has 3 aromatic carbocycles. The average molecular weight is 585 g/mol. The summed E-state index contributed by atoms with van der Waals surface area (Å²) in [7, 11) is -3.37. The van der Waals surface area contributed by atoms with Crippen molar-refractivity contribution in [2.24, 2.45) is 0 Å². The highest BCUT2D eigenvalue weighted by atomic mass is 32.2. The molecular formula is C27H24N2O9S2. The van der Waals surface area contributed by atoms with Gasteiger partial charge < -0.3 is 24.4 Å². The van der Waals surface area contributed by atoms with Crippen LogP contribution in [0.5, 0.6) is 28.1 Å².